The lowest BCUT2D eigenvalue weighted by molar-refractivity contribution is -0.140. The summed E-state index contributed by atoms with van der Waals surface area (Å²) in [5.41, 5.74) is 3.11. The Balaban J connectivity index is 1.75. The number of allylic oxidation sites excluding steroid dienone is 3. The molecule has 8 heteroatoms. The van der Waals surface area contributed by atoms with Crippen molar-refractivity contribution in [2.75, 3.05) is 26.9 Å². The quantitative estimate of drug-likeness (QED) is 0.424. The van der Waals surface area contributed by atoms with Crippen molar-refractivity contribution >= 4 is 23.1 Å². The van der Waals surface area contributed by atoms with Crippen LogP contribution in [-0.2, 0) is 19.1 Å². The second kappa shape index (κ2) is 10.4. The number of hydrogen-bond donors (Lipinski definition) is 2. The van der Waals surface area contributed by atoms with E-state index in [1.807, 2.05) is 25.3 Å². The second-order valence-corrected chi connectivity index (χ2v) is 9.28. The lowest BCUT2D eigenvalue weighted by Gasteiger charge is -2.36. The number of ketones is 1. The number of methoxy groups -OCH3 is 1. The number of dihydropyridines is 1. The number of nitrogens with one attached hydrogen (secondary N) is 1. The average molecular weight is 484 g/mol. The van der Waals surface area contributed by atoms with Crippen LogP contribution in [0.3, 0.4) is 0 Å². The van der Waals surface area contributed by atoms with E-state index in [2.05, 4.69) is 11.4 Å². The average Bonchev–Trinajstić information content (AvgIpc) is 3.36. The van der Waals surface area contributed by atoms with Gasteiger partial charge in [0.1, 0.15) is 6.61 Å². The van der Waals surface area contributed by atoms with Crippen molar-refractivity contribution in [1.82, 2.24) is 5.32 Å². The first-order valence-electron chi connectivity index (χ1n) is 11.3. The Morgan fingerprint density at radius 3 is 2.76 bits per heavy atom. The number of benzene rings is 1. The predicted octanol–water partition coefficient (Wildman–Crippen LogP) is 4.40. The van der Waals surface area contributed by atoms with Crippen molar-refractivity contribution in [3.05, 3.63) is 68.7 Å². The maximum Gasteiger partial charge on any atom is 0.336 e. The molecule has 0 bridgehead atoms. The van der Waals surface area contributed by atoms with Gasteiger partial charge < -0.3 is 24.6 Å². The third kappa shape index (κ3) is 4.74. The molecule has 0 fully saturated rings. The maximum atomic E-state index is 13.5. The lowest BCUT2D eigenvalue weighted by Crippen LogP contribution is -2.36. The summed E-state index contributed by atoms with van der Waals surface area (Å²) < 4.78 is 16.1. The van der Waals surface area contributed by atoms with E-state index in [0.717, 1.165) is 5.70 Å². The highest BCUT2D eigenvalue weighted by molar-refractivity contribution is 7.10. The number of rotatable bonds is 8. The first-order chi connectivity index (χ1) is 16.4. The highest BCUT2D eigenvalue weighted by Crippen LogP contribution is 2.47. The number of phenolic OH excluding ortho intramolecular Hbond substituents is 1. The third-order valence-electron chi connectivity index (χ3n) is 6.20. The molecule has 7 nitrogen and oxygen atoms in total. The summed E-state index contributed by atoms with van der Waals surface area (Å²) in [6.45, 7) is 4.66. The summed E-state index contributed by atoms with van der Waals surface area (Å²) in [5.74, 6) is -0.760. The van der Waals surface area contributed by atoms with Gasteiger partial charge in [-0.1, -0.05) is 12.1 Å². The van der Waals surface area contributed by atoms with E-state index in [9.17, 15) is 14.7 Å². The van der Waals surface area contributed by atoms with E-state index in [1.54, 1.807) is 23.5 Å². The number of aromatic hydroxyl groups is 1. The molecule has 2 aromatic rings. The van der Waals surface area contributed by atoms with Crippen LogP contribution in [0.15, 0.2) is 58.3 Å². The number of carbonyl (C=O) groups excluding carboxylic acids is 2. The number of thiophene rings is 1. The summed E-state index contributed by atoms with van der Waals surface area (Å²) in [6.07, 6.45) is 1.05. The lowest BCUT2D eigenvalue weighted by atomic mass is 9.72. The van der Waals surface area contributed by atoms with Gasteiger partial charge >= 0.3 is 5.97 Å². The molecule has 0 radical (unpaired) electrons. The Morgan fingerprint density at radius 1 is 1.24 bits per heavy atom. The number of hydrogen-bond acceptors (Lipinski definition) is 8. The Morgan fingerprint density at radius 2 is 2.06 bits per heavy atom. The van der Waals surface area contributed by atoms with Crippen molar-refractivity contribution in [3.8, 4) is 11.5 Å². The molecule has 0 saturated carbocycles. The fourth-order valence-corrected chi connectivity index (χ4v) is 5.49. The molecule has 2 atom stereocenters. The molecule has 1 aliphatic carbocycles. The van der Waals surface area contributed by atoms with Gasteiger partial charge in [-0.15, -0.1) is 11.3 Å². The van der Waals surface area contributed by atoms with Crippen LogP contribution in [0.2, 0.25) is 0 Å². The number of carbonyl (C=O) groups is 2. The van der Waals surface area contributed by atoms with Crippen molar-refractivity contribution in [1.29, 1.82) is 0 Å². The van der Waals surface area contributed by atoms with Crippen molar-refractivity contribution < 1.29 is 28.9 Å². The van der Waals surface area contributed by atoms with Crippen LogP contribution in [0.5, 0.6) is 11.5 Å². The number of ether oxygens (including phenoxy) is 3. The van der Waals surface area contributed by atoms with Gasteiger partial charge in [0.25, 0.3) is 0 Å². The van der Waals surface area contributed by atoms with E-state index in [0.29, 0.717) is 48.5 Å². The minimum absolute atomic E-state index is 0.00342. The van der Waals surface area contributed by atoms with Crippen molar-refractivity contribution in [2.24, 2.45) is 0 Å². The SMILES string of the molecule is CCOCCOC(=O)C1=C(C)NC2=C(C(=O)C[C@@H](c3cccs3)C2)[C@H]1c1ccc(O)c(OC)c1. The van der Waals surface area contributed by atoms with Crippen LogP contribution < -0.4 is 10.1 Å². The standard InChI is InChI=1S/C26H29NO6S/c1-4-32-9-10-33-26(30)23-15(2)27-18-12-17(22-6-5-11-34-22)13-20(29)25(18)24(23)16-7-8-19(28)21(14-16)31-3/h5-8,11,14,17,24,27-28H,4,9-10,12-13H2,1-3H3/t17-,24-/m0/s1. The molecule has 4 rings (SSSR count). The van der Waals surface area contributed by atoms with Crippen LogP contribution >= 0.6 is 11.3 Å². The molecule has 0 saturated heterocycles. The molecule has 0 unspecified atom stereocenters. The molecule has 1 aliphatic heterocycles. The zero-order chi connectivity index (χ0) is 24.2. The highest BCUT2D eigenvalue weighted by Gasteiger charge is 2.41. The molecule has 2 aliphatic rings. The molecule has 2 N–H and O–H groups in total. The molecule has 1 aromatic heterocycles. The normalized spacial score (nSPS) is 20.1. The zero-order valence-corrected chi connectivity index (χ0v) is 20.4. The summed E-state index contributed by atoms with van der Waals surface area (Å²) >= 11 is 1.65. The summed E-state index contributed by atoms with van der Waals surface area (Å²) in [4.78, 5) is 27.9. The van der Waals surface area contributed by atoms with Crippen LogP contribution in [0.4, 0.5) is 0 Å². The second-order valence-electron chi connectivity index (χ2n) is 8.30. The van der Waals surface area contributed by atoms with E-state index >= 15 is 0 Å². The molecule has 180 valence electrons. The van der Waals surface area contributed by atoms with Gasteiger partial charge in [-0.25, -0.2) is 4.79 Å². The van der Waals surface area contributed by atoms with E-state index in [1.165, 1.54) is 18.1 Å². The van der Waals surface area contributed by atoms with Crippen LogP contribution in [0.1, 0.15) is 49.0 Å². The molecular weight excluding hydrogens is 454 g/mol. The largest absolute Gasteiger partial charge is 0.504 e. The monoisotopic (exact) mass is 483 g/mol. The molecule has 0 spiro atoms. The first kappa shape index (κ1) is 24.0. The molecule has 0 amide bonds. The zero-order valence-electron chi connectivity index (χ0n) is 19.6. The molecular formula is C26H29NO6S. The fraction of sp³-hybridized carbons (Fsp3) is 0.385. The van der Waals surface area contributed by atoms with Gasteiger partial charge in [-0.2, -0.15) is 0 Å². The topological polar surface area (TPSA) is 94.1 Å². The van der Waals surface area contributed by atoms with Crippen LogP contribution in [0.25, 0.3) is 0 Å². The smallest absolute Gasteiger partial charge is 0.336 e. The van der Waals surface area contributed by atoms with Crippen LogP contribution in [0, 0.1) is 0 Å². The predicted molar refractivity (Wildman–Crippen MR) is 129 cm³/mol. The maximum absolute atomic E-state index is 13.5. The number of Topliss-reactive ketones (excluding diaryl/α,β-unsaturated/α-hetero) is 1. The summed E-state index contributed by atoms with van der Waals surface area (Å²) in [7, 11) is 1.47. The van der Waals surface area contributed by atoms with Gasteiger partial charge in [0.15, 0.2) is 17.3 Å². The molecule has 2 heterocycles. The number of esters is 1. The highest BCUT2D eigenvalue weighted by atomic mass is 32.1. The Hall–Kier alpha value is -3.10. The van der Waals surface area contributed by atoms with Crippen molar-refractivity contribution in [3.63, 3.8) is 0 Å². The Bertz CT molecular complexity index is 1130. The molecule has 1 aromatic carbocycles. The van der Waals surface area contributed by atoms with Gasteiger partial charge in [0.05, 0.1) is 19.3 Å². The third-order valence-corrected chi connectivity index (χ3v) is 7.23. The van der Waals surface area contributed by atoms with E-state index < -0.39 is 11.9 Å². The van der Waals surface area contributed by atoms with Gasteiger partial charge in [-0.05, 0) is 49.4 Å². The minimum Gasteiger partial charge on any atom is -0.504 e. The fourth-order valence-electron chi connectivity index (χ4n) is 4.66. The van der Waals surface area contributed by atoms with E-state index in [4.69, 9.17) is 14.2 Å². The van der Waals surface area contributed by atoms with Crippen LogP contribution in [-0.4, -0.2) is 43.8 Å². The molecule has 34 heavy (non-hydrogen) atoms. The van der Waals surface area contributed by atoms with Gasteiger partial charge in [0, 0.05) is 46.7 Å². The number of phenols is 1. The first-order valence-corrected chi connectivity index (χ1v) is 12.2. The van der Waals surface area contributed by atoms with Gasteiger partial charge in [-0.3, -0.25) is 4.79 Å². The van der Waals surface area contributed by atoms with Gasteiger partial charge in [0.2, 0.25) is 0 Å². The van der Waals surface area contributed by atoms with Crippen molar-refractivity contribution in [2.45, 2.75) is 38.5 Å². The van der Waals surface area contributed by atoms with E-state index in [-0.39, 0.29) is 29.8 Å². The minimum atomic E-state index is -0.623. The Kier molecular flexibility index (Phi) is 7.38. The summed E-state index contributed by atoms with van der Waals surface area (Å²) in [5, 5.41) is 15.5. The summed E-state index contributed by atoms with van der Waals surface area (Å²) in [6, 6.07) is 8.97. The Labute approximate surface area is 203 Å².